The van der Waals surface area contributed by atoms with Crippen LogP contribution >= 0.6 is 0 Å². The van der Waals surface area contributed by atoms with Crippen molar-refractivity contribution in [2.45, 2.75) is 0 Å². The average Bonchev–Trinajstić information content (AvgIpc) is 3.71. The predicted molar refractivity (Wildman–Crippen MR) is 196 cm³/mol. The summed E-state index contributed by atoms with van der Waals surface area (Å²) in [6.07, 6.45) is 0. The highest BCUT2D eigenvalue weighted by atomic mass is 16.3. The summed E-state index contributed by atoms with van der Waals surface area (Å²) in [5.41, 5.74) is 8.97. The minimum atomic E-state index is 0.859. The van der Waals surface area contributed by atoms with Gasteiger partial charge in [0.1, 0.15) is 16.7 Å². The van der Waals surface area contributed by atoms with Crippen LogP contribution in [0.15, 0.2) is 173 Å². The highest BCUT2D eigenvalue weighted by Crippen LogP contribution is 2.48. The van der Waals surface area contributed by atoms with Crippen molar-refractivity contribution in [3.05, 3.63) is 164 Å². The molecule has 10 rings (SSSR count). The van der Waals surface area contributed by atoms with Crippen LogP contribution in [0.1, 0.15) is 0 Å². The molecule has 2 heterocycles. The SMILES string of the molecule is c1ccc(-c2ccccc2N(c2cccc3c2ccc2ccc4oc5ccccc5c4c23)c2cccc3c2oc2ccccc23)cc1. The molecule has 3 heteroatoms. The van der Waals surface area contributed by atoms with Gasteiger partial charge >= 0.3 is 0 Å². The molecule has 0 unspecified atom stereocenters. The summed E-state index contributed by atoms with van der Waals surface area (Å²) in [5.74, 6) is 0. The Balaban J connectivity index is 1.34. The van der Waals surface area contributed by atoms with Gasteiger partial charge in [-0.15, -0.1) is 0 Å². The minimum Gasteiger partial charge on any atom is -0.456 e. The van der Waals surface area contributed by atoms with E-state index >= 15 is 0 Å². The van der Waals surface area contributed by atoms with Crippen molar-refractivity contribution in [1.29, 1.82) is 0 Å². The average molecular weight is 602 g/mol. The first-order valence-corrected chi connectivity index (χ1v) is 15.9. The van der Waals surface area contributed by atoms with E-state index in [2.05, 4.69) is 144 Å². The molecule has 0 aliphatic rings. The van der Waals surface area contributed by atoms with Gasteiger partial charge in [0.15, 0.2) is 5.58 Å². The van der Waals surface area contributed by atoms with Crippen LogP contribution in [0.4, 0.5) is 17.1 Å². The maximum atomic E-state index is 6.68. The first-order valence-electron chi connectivity index (χ1n) is 15.9. The molecular weight excluding hydrogens is 574 g/mol. The van der Waals surface area contributed by atoms with Crippen LogP contribution in [0, 0.1) is 0 Å². The topological polar surface area (TPSA) is 29.5 Å². The first kappa shape index (κ1) is 26.0. The van der Waals surface area contributed by atoms with Crippen molar-refractivity contribution in [2.75, 3.05) is 4.90 Å². The van der Waals surface area contributed by atoms with Crippen molar-refractivity contribution < 1.29 is 8.83 Å². The summed E-state index contributed by atoms with van der Waals surface area (Å²) in [6, 6.07) is 57.8. The monoisotopic (exact) mass is 601 g/mol. The van der Waals surface area contributed by atoms with E-state index in [0.29, 0.717) is 0 Å². The quantitative estimate of drug-likeness (QED) is 0.188. The molecular formula is C44H27NO2. The van der Waals surface area contributed by atoms with E-state index in [4.69, 9.17) is 8.83 Å². The van der Waals surface area contributed by atoms with E-state index in [-0.39, 0.29) is 0 Å². The smallest absolute Gasteiger partial charge is 0.159 e. The number of hydrogen-bond donors (Lipinski definition) is 0. The Bertz CT molecular complexity index is 2810. The summed E-state index contributed by atoms with van der Waals surface area (Å²) in [6.45, 7) is 0. The van der Waals surface area contributed by atoms with Gasteiger partial charge in [0.25, 0.3) is 0 Å². The summed E-state index contributed by atoms with van der Waals surface area (Å²) in [7, 11) is 0. The van der Waals surface area contributed by atoms with Gasteiger partial charge in [-0.3, -0.25) is 0 Å². The maximum absolute atomic E-state index is 6.68. The number of hydrogen-bond acceptors (Lipinski definition) is 3. The van der Waals surface area contributed by atoms with Gasteiger partial charge in [0.2, 0.25) is 0 Å². The van der Waals surface area contributed by atoms with E-state index in [1.54, 1.807) is 0 Å². The lowest BCUT2D eigenvalue weighted by molar-refractivity contribution is 0.669. The Kier molecular flexibility index (Phi) is 5.57. The van der Waals surface area contributed by atoms with Gasteiger partial charge in [-0.1, -0.05) is 127 Å². The third kappa shape index (κ3) is 3.87. The number of rotatable bonds is 4. The molecule has 0 radical (unpaired) electrons. The number of nitrogens with zero attached hydrogens (tertiary/aromatic N) is 1. The molecule has 220 valence electrons. The zero-order valence-electron chi connectivity index (χ0n) is 25.4. The second kappa shape index (κ2) is 10.1. The van der Waals surface area contributed by atoms with E-state index in [9.17, 15) is 0 Å². The molecule has 0 N–H and O–H groups in total. The Morgan fingerprint density at radius 2 is 0.979 bits per heavy atom. The van der Waals surface area contributed by atoms with E-state index in [1.807, 2.05) is 24.3 Å². The number of para-hydroxylation sites is 4. The molecule has 0 spiro atoms. The highest BCUT2D eigenvalue weighted by molar-refractivity contribution is 6.28. The van der Waals surface area contributed by atoms with Crippen molar-refractivity contribution in [3.8, 4) is 11.1 Å². The van der Waals surface area contributed by atoms with Gasteiger partial charge in [0.05, 0.1) is 17.1 Å². The Hall–Kier alpha value is -6.32. The second-order valence-corrected chi connectivity index (χ2v) is 12.0. The van der Waals surface area contributed by atoms with Crippen LogP contribution in [0.5, 0.6) is 0 Å². The van der Waals surface area contributed by atoms with Crippen LogP contribution in [0.3, 0.4) is 0 Å². The van der Waals surface area contributed by atoms with E-state index in [0.717, 1.165) is 77.5 Å². The molecule has 0 atom stereocenters. The van der Waals surface area contributed by atoms with Gasteiger partial charge in [-0.05, 0) is 52.7 Å². The Labute approximate surface area is 270 Å². The Morgan fingerprint density at radius 3 is 1.85 bits per heavy atom. The van der Waals surface area contributed by atoms with Crippen molar-refractivity contribution in [2.24, 2.45) is 0 Å². The molecule has 3 nitrogen and oxygen atoms in total. The number of anilines is 3. The molecule has 0 aliphatic carbocycles. The second-order valence-electron chi connectivity index (χ2n) is 12.0. The molecule has 0 amide bonds. The fourth-order valence-electron chi connectivity index (χ4n) is 7.40. The fourth-order valence-corrected chi connectivity index (χ4v) is 7.40. The maximum Gasteiger partial charge on any atom is 0.159 e. The zero-order chi connectivity index (χ0) is 30.9. The molecule has 8 aromatic carbocycles. The predicted octanol–water partition coefficient (Wildman–Crippen LogP) is 12.9. The van der Waals surface area contributed by atoms with Crippen LogP contribution in [0.2, 0.25) is 0 Å². The molecule has 0 saturated heterocycles. The fraction of sp³-hybridized carbons (Fsp3) is 0. The van der Waals surface area contributed by atoms with Crippen LogP contribution in [0.25, 0.3) is 76.5 Å². The van der Waals surface area contributed by atoms with Crippen molar-refractivity contribution >= 4 is 82.5 Å². The molecule has 2 aromatic heterocycles. The molecule has 10 aromatic rings. The Morgan fingerprint density at radius 1 is 0.340 bits per heavy atom. The standard InChI is InChI=1S/C44H27NO2/c1-2-12-28(13-3-1)30-14-4-7-19-36(30)45(38-21-11-18-34-32-15-5-8-22-39(32)47-44(34)38)37-20-10-17-33-31(37)26-24-29-25-27-41-43(42(29)33)35-16-6-9-23-40(35)46-41/h1-27H. The van der Waals surface area contributed by atoms with Gasteiger partial charge in [-0.25, -0.2) is 0 Å². The largest absolute Gasteiger partial charge is 0.456 e. The summed E-state index contributed by atoms with van der Waals surface area (Å²) >= 11 is 0. The van der Waals surface area contributed by atoms with Gasteiger partial charge in [-0.2, -0.15) is 0 Å². The van der Waals surface area contributed by atoms with Crippen molar-refractivity contribution in [1.82, 2.24) is 0 Å². The lowest BCUT2D eigenvalue weighted by atomic mass is 9.95. The normalized spacial score (nSPS) is 11.8. The van der Waals surface area contributed by atoms with E-state index in [1.165, 1.54) is 16.2 Å². The lowest BCUT2D eigenvalue weighted by Crippen LogP contribution is -2.12. The van der Waals surface area contributed by atoms with Crippen LogP contribution in [-0.4, -0.2) is 0 Å². The number of fused-ring (bicyclic) bond motifs is 10. The number of furan rings is 2. The first-order chi connectivity index (χ1) is 23.3. The molecule has 0 saturated carbocycles. The molecule has 0 fully saturated rings. The third-order valence-corrected chi connectivity index (χ3v) is 9.45. The highest BCUT2D eigenvalue weighted by Gasteiger charge is 2.24. The minimum absolute atomic E-state index is 0.859. The third-order valence-electron chi connectivity index (χ3n) is 9.45. The summed E-state index contributed by atoms with van der Waals surface area (Å²) < 4.78 is 13.0. The van der Waals surface area contributed by atoms with E-state index < -0.39 is 0 Å². The van der Waals surface area contributed by atoms with Gasteiger partial charge < -0.3 is 13.7 Å². The molecule has 0 aliphatic heterocycles. The van der Waals surface area contributed by atoms with Crippen LogP contribution in [-0.2, 0) is 0 Å². The molecule has 47 heavy (non-hydrogen) atoms. The van der Waals surface area contributed by atoms with Crippen molar-refractivity contribution in [3.63, 3.8) is 0 Å². The zero-order valence-corrected chi connectivity index (χ0v) is 25.4. The lowest BCUT2D eigenvalue weighted by Gasteiger charge is -2.29. The van der Waals surface area contributed by atoms with Crippen LogP contribution < -0.4 is 4.90 Å². The summed E-state index contributed by atoms with van der Waals surface area (Å²) in [4.78, 5) is 2.38. The van der Waals surface area contributed by atoms with Gasteiger partial charge in [0, 0.05) is 37.9 Å². The molecule has 0 bridgehead atoms. The summed E-state index contributed by atoms with van der Waals surface area (Å²) in [5, 5.41) is 9.19. The number of benzene rings is 8.